The number of carbonyl (C=O) groups excluding carboxylic acids is 2. The third-order valence-corrected chi connectivity index (χ3v) is 3.91. The molecule has 1 aliphatic rings. The Morgan fingerprint density at radius 3 is 2.50 bits per heavy atom. The van der Waals surface area contributed by atoms with Crippen LogP contribution in [0.5, 0.6) is 0 Å². The van der Waals surface area contributed by atoms with E-state index >= 15 is 0 Å². The molecule has 0 unspecified atom stereocenters. The van der Waals surface area contributed by atoms with Crippen molar-refractivity contribution in [3.63, 3.8) is 0 Å². The lowest BCUT2D eigenvalue weighted by molar-refractivity contribution is -0.139. The van der Waals surface area contributed by atoms with Crippen LogP contribution in [0.25, 0.3) is 0 Å². The molecular formula is C18H25N3O3. The SMILES string of the molecule is CC(C)(C)C(=O)N1CCC(=NOCc2cccc(C(N)=O)c2)CC1. The Hall–Kier alpha value is -2.37. The number of likely N-dealkylation sites (tertiary alicyclic amines) is 1. The summed E-state index contributed by atoms with van der Waals surface area (Å²) >= 11 is 0. The van der Waals surface area contributed by atoms with E-state index in [0.29, 0.717) is 18.7 Å². The standard InChI is InChI=1S/C18H25N3O3/c1-18(2,3)17(23)21-9-7-15(8-10-21)20-24-12-13-5-4-6-14(11-13)16(19)22/h4-6,11H,7-10,12H2,1-3H3,(H2,19,22). The Balaban J connectivity index is 1.84. The number of rotatable bonds is 4. The maximum atomic E-state index is 12.2. The molecule has 0 saturated carbocycles. The van der Waals surface area contributed by atoms with E-state index in [4.69, 9.17) is 10.6 Å². The number of hydrogen-bond acceptors (Lipinski definition) is 4. The summed E-state index contributed by atoms with van der Waals surface area (Å²) in [6.45, 7) is 7.44. The summed E-state index contributed by atoms with van der Waals surface area (Å²) in [4.78, 5) is 30.7. The van der Waals surface area contributed by atoms with E-state index < -0.39 is 5.91 Å². The number of amides is 2. The van der Waals surface area contributed by atoms with Crippen molar-refractivity contribution in [1.82, 2.24) is 4.90 Å². The normalized spacial score (nSPS) is 15.1. The van der Waals surface area contributed by atoms with E-state index in [1.807, 2.05) is 31.7 Å². The van der Waals surface area contributed by atoms with Crippen molar-refractivity contribution in [3.8, 4) is 0 Å². The highest BCUT2D eigenvalue weighted by molar-refractivity contribution is 5.92. The quantitative estimate of drug-likeness (QED) is 0.859. The molecule has 0 aliphatic carbocycles. The molecule has 0 atom stereocenters. The first-order chi connectivity index (χ1) is 11.3. The van der Waals surface area contributed by atoms with Crippen LogP contribution in [0, 0.1) is 5.41 Å². The molecule has 2 amide bonds. The number of oxime groups is 1. The molecule has 1 aromatic carbocycles. The Labute approximate surface area is 142 Å². The smallest absolute Gasteiger partial charge is 0.248 e. The van der Waals surface area contributed by atoms with E-state index in [2.05, 4.69) is 5.16 Å². The highest BCUT2D eigenvalue weighted by Gasteiger charge is 2.29. The third-order valence-electron chi connectivity index (χ3n) is 3.91. The van der Waals surface area contributed by atoms with Crippen molar-refractivity contribution >= 4 is 17.5 Å². The number of hydrogen-bond donors (Lipinski definition) is 1. The van der Waals surface area contributed by atoms with E-state index in [-0.39, 0.29) is 17.9 Å². The fraction of sp³-hybridized carbons (Fsp3) is 0.500. The molecule has 24 heavy (non-hydrogen) atoms. The zero-order valence-electron chi connectivity index (χ0n) is 14.5. The molecule has 1 saturated heterocycles. The molecule has 6 heteroatoms. The zero-order valence-corrected chi connectivity index (χ0v) is 14.5. The van der Waals surface area contributed by atoms with Crippen molar-refractivity contribution in [2.75, 3.05) is 13.1 Å². The summed E-state index contributed by atoms with van der Waals surface area (Å²) in [6.07, 6.45) is 1.45. The van der Waals surface area contributed by atoms with E-state index in [1.54, 1.807) is 18.2 Å². The number of carbonyl (C=O) groups is 2. The fourth-order valence-corrected chi connectivity index (χ4v) is 2.55. The van der Waals surface area contributed by atoms with E-state index in [0.717, 1.165) is 24.1 Å². The maximum Gasteiger partial charge on any atom is 0.248 e. The van der Waals surface area contributed by atoms with Gasteiger partial charge >= 0.3 is 0 Å². The van der Waals surface area contributed by atoms with Crippen molar-refractivity contribution in [2.24, 2.45) is 16.3 Å². The Bertz CT molecular complexity index is 637. The summed E-state index contributed by atoms with van der Waals surface area (Å²) in [6, 6.07) is 6.99. The van der Waals surface area contributed by atoms with E-state index in [9.17, 15) is 9.59 Å². The van der Waals surface area contributed by atoms with Gasteiger partial charge in [0.1, 0.15) is 6.61 Å². The second-order valence-corrected chi connectivity index (χ2v) is 7.04. The largest absolute Gasteiger partial charge is 0.391 e. The zero-order chi connectivity index (χ0) is 17.7. The van der Waals surface area contributed by atoms with E-state index in [1.165, 1.54) is 0 Å². The molecule has 2 N–H and O–H groups in total. The Morgan fingerprint density at radius 1 is 1.25 bits per heavy atom. The van der Waals surface area contributed by atoms with Crippen LogP contribution in [0.2, 0.25) is 0 Å². The molecule has 6 nitrogen and oxygen atoms in total. The fourth-order valence-electron chi connectivity index (χ4n) is 2.55. The summed E-state index contributed by atoms with van der Waals surface area (Å²) in [5, 5.41) is 4.17. The van der Waals surface area contributed by atoms with Gasteiger partial charge in [-0.15, -0.1) is 0 Å². The predicted molar refractivity (Wildman–Crippen MR) is 92.5 cm³/mol. The summed E-state index contributed by atoms with van der Waals surface area (Å²) in [5.74, 6) is -0.287. The molecule has 1 aliphatic heterocycles. The third kappa shape index (κ3) is 4.81. The molecule has 0 radical (unpaired) electrons. The second kappa shape index (κ2) is 7.47. The Kier molecular flexibility index (Phi) is 5.59. The van der Waals surface area contributed by atoms with Crippen LogP contribution >= 0.6 is 0 Å². The lowest BCUT2D eigenvalue weighted by Crippen LogP contribution is -2.44. The van der Waals surface area contributed by atoms with Gasteiger partial charge in [-0.1, -0.05) is 38.1 Å². The monoisotopic (exact) mass is 331 g/mol. The first kappa shape index (κ1) is 18.0. The van der Waals surface area contributed by atoms with Crippen LogP contribution in [-0.4, -0.2) is 35.5 Å². The molecule has 1 aromatic rings. The van der Waals surface area contributed by atoms with Crippen molar-refractivity contribution in [1.29, 1.82) is 0 Å². The van der Waals surface area contributed by atoms with Crippen LogP contribution in [0.3, 0.4) is 0 Å². The topological polar surface area (TPSA) is 85.0 Å². The average Bonchev–Trinajstić information content (AvgIpc) is 2.54. The minimum absolute atomic E-state index is 0.172. The number of piperidine rings is 1. The number of benzene rings is 1. The van der Waals surface area contributed by atoms with Crippen LogP contribution in [-0.2, 0) is 16.2 Å². The van der Waals surface area contributed by atoms with Crippen molar-refractivity contribution in [3.05, 3.63) is 35.4 Å². The maximum absolute atomic E-state index is 12.2. The van der Waals surface area contributed by atoms with Gasteiger partial charge in [-0.25, -0.2) is 0 Å². The molecular weight excluding hydrogens is 306 g/mol. The van der Waals surface area contributed by atoms with Gasteiger partial charge < -0.3 is 15.5 Å². The molecule has 130 valence electrons. The lowest BCUT2D eigenvalue weighted by Gasteiger charge is -2.32. The number of nitrogens with zero attached hydrogens (tertiary/aromatic N) is 2. The van der Waals surface area contributed by atoms with Crippen LogP contribution < -0.4 is 5.73 Å². The molecule has 2 rings (SSSR count). The molecule has 1 fully saturated rings. The van der Waals surface area contributed by atoms with Crippen LogP contribution in [0.15, 0.2) is 29.4 Å². The average molecular weight is 331 g/mol. The molecule has 0 bridgehead atoms. The minimum atomic E-state index is -0.459. The van der Waals surface area contributed by atoms with Gasteiger partial charge in [0.05, 0.1) is 5.71 Å². The first-order valence-corrected chi connectivity index (χ1v) is 8.13. The summed E-state index contributed by atoms with van der Waals surface area (Å²) in [7, 11) is 0. The lowest BCUT2D eigenvalue weighted by atomic mass is 9.93. The van der Waals surface area contributed by atoms with Gasteiger partial charge in [0.15, 0.2) is 0 Å². The van der Waals surface area contributed by atoms with Gasteiger partial charge in [0.25, 0.3) is 0 Å². The highest BCUT2D eigenvalue weighted by atomic mass is 16.6. The second-order valence-electron chi connectivity index (χ2n) is 7.04. The molecule has 0 aromatic heterocycles. The van der Waals surface area contributed by atoms with Gasteiger partial charge in [-0.2, -0.15) is 0 Å². The highest BCUT2D eigenvalue weighted by Crippen LogP contribution is 2.20. The van der Waals surface area contributed by atoms with Crippen molar-refractivity contribution < 1.29 is 14.4 Å². The Morgan fingerprint density at radius 2 is 1.92 bits per heavy atom. The van der Waals surface area contributed by atoms with Crippen LogP contribution in [0.4, 0.5) is 0 Å². The summed E-state index contributed by atoms with van der Waals surface area (Å²) < 4.78 is 0. The van der Waals surface area contributed by atoms with Gasteiger partial charge in [0, 0.05) is 36.9 Å². The predicted octanol–water partition coefficient (Wildman–Crippen LogP) is 2.33. The van der Waals surface area contributed by atoms with Crippen LogP contribution in [0.1, 0.15) is 49.5 Å². The summed E-state index contributed by atoms with van der Waals surface area (Å²) in [5.41, 5.74) is 7.16. The number of primary amides is 1. The molecule has 0 spiro atoms. The van der Waals surface area contributed by atoms with Gasteiger partial charge in [-0.3, -0.25) is 9.59 Å². The van der Waals surface area contributed by atoms with Crippen molar-refractivity contribution in [2.45, 2.75) is 40.2 Å². The minimum Gasteiger partial charge on any atom is -0.391 e. The number of nitrogens with two attached hydrogens (primary N) is 1. The van der Waals surface area contributed by atoms with Gasteiger partial charge in [0.2, 0.25) is 11.8 Å². The van der Waals surface area contributed by atoms with Gasteiger partial charge in [-0.05, 0) is 17.7 Å². The molecule has 1 heterocycles. The first-order valence-electron chi connectivity index (χ1n) is 8.13.